The summed E-state index contributed by atoms with van der Waals surface area (Å²) < 4.78 is 5.58. The molecule has 1 amide bonds. The molecule has 1 aliphatic rings. The second-order valence-electron chi connectivity index (χ2n) is 6.52. The molecule has 2 aromatic heterocycles. The van der Waals surface area contributed by atoms with E-state index in [1.807, 2.05) is 12.1 Å². The number of benzene rings is 1. The van der Waals surface area contributed by atoms with Crippen LogP contribution >= 0.6 is 34.5 Å². The molecule has 0 unspecified atom stereocenters. The number of nitrogens with one attached hydrogen (secondary N) is 1. The number of halogens is 2. The van der Waals surface area contributed by atoms with Crippen molar-refractivity contribution >= 4 is 45.6 Å². The van der Waals surface area contributed by atoms with E-state index >= 15 is 0 Å². The van der Waals surface area contributed by atoms with Gasteiger partial charge in [-0.15, -0.1) is 11.3 Å². The number of amides is 1. The van der Waals surface area contributed by atoms with Crippen molar-refractivity contribution in [1.29, 1.82) is 0 Å². The third-order valence-corrected chi connectivity index (χ3v) is 6.48. The van der Waals surface area contributed by atoms with Gasteiger partial charge in [0.25, 0.3) is 5.91 Å². The fourth-order valence-corrected chi connectivity index (χ4v) is 4.62. The number of ether oxygens (including phenoxy) is 1. The van der Waals surface area contributed by atoms with E-state index in [1.54, 1.807) is 13.8 Å². The lowest BCUT2D eigenvalue weighted by atomic mass is 9.94. The summed E-state index contributed by atoms with van der Waals surface area (Å²) in [6.07, 6.45) is 1.91. The fourth-order valence-electron chi connectivity index (χ4n) is 3.20. The highest BCUT2D eigenvalue weighted by Crippen LogP contribution is 2.38. The number of rotatable bonds is 4. The van der Waals surface area contributed by atoms with Crippen molar-refractivity contribution in [3.05, 3.63) is 56.1 Å². The summed E-state index contributed by atoms with van der Waals surface area (Å²) in [6, 6.07) is 8.23. The van der Waals surface area contributed by atoms with E-state index in [0.717, 1.165) is 24.1 Å². The van der Waals surface area contributed by atoms with Crippen LogP contribution in [-0.4, -0.2) is 22.5 Å². The van der Waals surface area contributed by atoms with Gasteiger partial charge in [0.15, 0.2) is 17.5 Å². The second kappa shape index (κ2) is 7.70. The molecule has 5 nitrogen and oxygen atoms in total. The zero-order chi connectivity index (χ0) is 19.8. The van der Waals surface area contributed by atoms with E-state index in [1.165, 1.54) is 21.8 Å². The van der Waals surface area contributed by atoms with Gasteiger partial charge in [0.05, 0.1) is 17.1 Å². The van der Waals surface area contributed by atoms with Crippen LogP contribution in [0.4, 0.5) is 5.13 Å². The maximum atomic E-state index is 12.4. The minimum atomic E-state index is -0.321. The molecule has 1 aromatic carbocycles. The fraction of sp³-hybridized carbons (Fsp3) is 0.250. The number of hydrogen-bond donors (Lipinski definition) is 1. The summed E-state index contributed by atoms with van der Waals surface area (Å²) in [7, 11) is 0. The van der Waals surface area contributed by atoms with Gasteiger partial charge in [-0.1, -0.05) is 47.5 Å². The number of anilines is 1. The van der Waals surface area contributed by atoms with Gasteiger partial charge in [0.1, 0.15) is 10.0 Å². The van der Waals surface area contributed by atoms with Gasteiger partial charge in [-0.05, 0) is 32.3 Å². The number of hydrogen-bond acceptors (Lipinski definition) is 5. The molecule has 0 saturated heterocycles. The third kappa shape index (κ3) is 3.60. The third-order valence-electron chi connectivity index (χ3n) is 4.55. The minimum absolute atomic E-state index is 0.219. The molecule has 0 fully saturated rings. The van der Waals surface area contributed by atoms with Crippen LogP contribution in [-0.2, 0) is 17.6 Å². The smallest absolute Gasteiger partial charge is 0.264 e. The normalized spacial score (nSPS) is 12.3. The average molecular weight is 434 g/mol. The number of pyridine rings is 1. The van der Waals surface area contributed by atoms with E-state index in [4.69, 9.17) is 27.9 Å². The van der Waals surface area contributed by atoms with E-state index in [2.05, 4.69) is 27.4 Å². The number of nitrogens with zero attached hydrogens (tertiary/aromatic N) is 2. The van der Waals surface area contributed by atoms with E-state index in [0.29, 0.717) is 26.6 Å². The lowest BCUT2D eigenvalue weighted by Gasteiger charge is -2.13. The number of carbonyl (C=O) groups is 1. The van der Waals surface area contributed by atoms with Crippen LogP contribution in [0.15, 0.2) is 24.3 Å². The Morgan fingerprint density at radius 1 is 1.14 bits per heavy atom. The molecule has 0 bridgehead atoms. The van der Waals surface area contributed by atoms with Crippen molar-refractivity contribution in [2.75, 3.05) is 11.9 Å². The van der Waals surface area contributed by atoms with Crippen molar-refractivity contribution in [3.8, 4) is 17.0 Å². The summed E-state index contributed by atoms with van der Waals surface area (Å²) in [5.41, 5.74) is 4.58. The Labute approximate surface area is 176 Å². The summed E-state index contributed by atoms with van der Waals surface area (Å²) in [4.78, 5) is 22.4. The Hall–Kier alpha value is -2.15. The lowest BCUT2D eigenvalue weighted by Crippen LogP contribution is -2.20. The summed E-state index contributed by atoms with van der Waals surface area (Å²) in [6.45, 7) is 3.30. The van der Waals surface area contributed by atoms with Gasteiger partial charge < -0.3 is 4.74 Å². The van der Waals surface area contributed by atoms with Crippen LogP contribution in [0, 0.1) is 13.8 Å². The molecule has 8 heteroatoms. The molecule has 28 heavy (non-hydrogen) atoms. The molecule has 2 heterocycles. The first-order valence-corrected chi connectivity index (χ1v) is 10.3. The van der Waals surface area contributed by atoms with Crippen LogP contribution in [0.5, 0.6) is 5.75 Å². The Morgan fingerprint density at radius 2 is 1.86 bits per heavy atom. The van der Waals surface area contributed by atoms with Crippen LogP contribution < -0.4 is 10.1 Å². The maximum Gasteiger partial charge on any atom is 0.264 e. The summed E-state index contributed by atoms with van der Waals surface area (Å²) >= 11 is 13.9. The maximum absolute atomic E-state index is 12.4. The molecule has 0 atom stereocenters. The lowest BCUT2D eigenvalue weighted by molar-refractivity contribution is -0.118. The van der Waals surface area contributed by atoms with Crippen molar-refractivity contribution in [1.82, 2.24) is 9.97 Å². The highest BCUT2D eigenvalue weighted by atomic mass is 35.5. The van der Waals surface area contributed by atoms with Gasteiger partial charge in [-0.3, -0.25) is 15.1 Å². The molecule has 0 aliphatic heterocycles. The van der Waals surface area contributed by atoms with Crippen molar-refractivity contribution in [3.63, 3.8) is 0 Å². The highest BCUT2D eigenvalue weighted by Gasteiger charge is 2.21. The Morgan fingerprint density at radius 3 is 2.61 bits per heavy atom. The standard InChI is InChI=1S/C20H17Cl2N3O2S/c1-10-16(21)19(17(22)11(2)23-10)27-9-15(26)24-20-25-18-13-6-4-3-5-12(13)7-8-14(18)28-20/h3-6H,7-9H2,1-2H3,(H,24,25,26). The van der Waals surface area contributed by atoms with E-state index in [-0.39, 0.29) is 18.3 Å². The van der Waals surface area contributed by atoms with Gasteiger partial charge in [-0.2, -0.15) is 0 Å². The Bertz CT molecular complexity index is 1060. The Kier molecular flexibility index (Phi) is 5.27. The highest BCUT2D eigenvalue weighted by molar-refractivity contribution is 7.16. The largest absolute Gasteiger partial charge is 0.480 e. The summed E-state index contributed by atoms with van der Waals surface area (Å²) in [5.74, 6) is -0.0468. The molecular weight excluding hydrogens is 417 g/mol. The molecule has 144 valence electrons. The number of fused-ring (bicyclic) bond motifs is 3. The quantitative estimate of drug-likeness (QED) is 0.610. The molecule has 3 aromatic rings. The van der Waals surface area contributed by atoms with Gasteiger partial charge >= 0.3 is 0 Å². The first-order chi connectivity index (χ1) is 13.4. The van der Waals surface area contributed by atoms with Crippen LogP contribution in [0.25, 0.3) is 11.3 Å². The van der Waals surface area contributed by atoms with Crippen molar-refractivity contribution < 1.29 is 9.53 Å². The first-order valence-electron chi connectivity index (χ1n) is 8.77. The van der Waals surface area contributed by atoms with Gasteiger partial charge in [0, 0.05) is 10.4 Å². The van der Waals surface area contributed by atoms with Gasteiger partial charge in [0.2, 0.25) is 0 Å². The molecule has 4 rings (SSSR count). The molecule has 0 saturated carbocycles. The van der Waals surface area contributed by atoms with Crippen molar-refractivity contribution in [2.24, 2.45) is 0 Å². The van der Waals surface area contributed by atoms with Crippen LogP contribution in [0.3, 0.4) is 0 Å². The number of aromatic nitrogens is 2. The topological polar surface area (TPSA) is 64.1 Å². The predicted molar refractivity (Wildman–Crippen MR) is 113 cm³/mol. The number of aryl methyl sites for hydroxylation is 4. The SMILES string of the molecule is Cc1nc(C)c(Cl)c(OCC(=O)Nc2nc3c(s2)CCc2ccccc2-3)c1Cl. The zero-order valence-corrected chi connectivity index (χ0v) is 17.6. The number of thiazole rings is 1. The minimum Gasteiger partial charge on any atom is -0.480 e. The molecule has 1 aliphatic carbocycles. The molecular formula is C20H17Cl2N3O2S. The van der Waals surface area contributed by atoms with Crippen LogP contribution in [0.1, 0.15) is 21.8 Å². The molecule has 1 N–H and O–H groups in total. The molecule has 0 spiro atoms. The average Bonchev–Trinajstić information content (AvgIpc) is 3.09. The molecule has 0 radical (unpaired) electrons. The zero-order valence-electron chi connectivity index (χ0n) is 15.3. The Balaban J connectivity index is 1.47. The number of carbonyl (C=O) groups excluding carboxylic acids is 1. The van der Waals surface area contributed by atoms with Gasteiger partial charge in [-0.25, -0.2) is 4.98 Å². The summed E-state index contributed by atoms with van der Waals surface area (Å²) in [5, 5.41) is 3.99. The monoisotopic (exact) mass is 433 g/mol. The van der Waals surface area contributed by atoms with Crippen LogP contribution in [0.2, 0.25) is 10.0 Å². The predicted octanol–water partition coefficient (Wildman–Crippen LogP) is 5.24. The first kappa shape index (κ1) is 19.2. The second-order valence-corrected chi connectivity index (χ2v) is 8.36. The van der Waals surface area contributed by atoms with E-state index in [9.17, 15) is 4.79 Å². The van der Waals surface area contributed by atoms with Crippen molar-refractivity contribution in [2.45, 2.75) is 26.7 Å². The van der Waals surface area contributed by atoms with E-state index < -0.39 is 0 Å².